The molecule has 1 amide bonds. The smallest absolute Gasteiger partial charge is 0.391 e. The Kier molecular flexibility index (Phi) is 4.44. The third-order valence-corrected chi connectivity index (χ3v) is 3.97. The number of aromatic hydroxyl groups is 1. The number of hydrogen-bond donors (Lipinski definition) is 2. The van der Waals surface area contributed by atoms with Crippen LogP contribution in [0.4, 0.5) is 18.9 Å². The van der Waals surface area contributed by atoms with Crippen LogP contribution < -0.4 is 5.32 Å². The Hall–Kier alpha value is -1.72. The SMILES string of the molecule is Cc1cc(NC(=O)C2CCCC(C(F)(F)F)C2)ccc1O. The molecule has 3 nitrogen and oxygen atoms in total. The van der Waals surface area contributed by atoms with E-state index in [9.17, 15) is 23.1 Å². The zero-order valence-corrected chi connectivity index (χ0v) is 11.7. The molecule has 2 unspecified atom stereocenters. The van der Waals surface area contributed by atoms with Crippen LogP contribution in [0, 0.1) is 18.8 Å². The van der Waals surface area contributed by atoms with Gasteiger partial charge in [-0.15, -0.1) is 0 Å². The van der Waals surface area contributed by atoms with E-state index in [2.05, 4.69) is 5.32 Å². The van der Waals surface area contributed by atoms with Crippen molar-refractivity contribution in [1.82, 2.24) is 0 Å². The normalized spacial score (nSPS) is 22.9. The summed E-state index contributed by atoms with van der Waals surface area (Å²) in [6.07, 6.45) is -3.38. The highest BCUT2D eigenvalue weighted by Crippen LogP contribution is 2.40. The van der Waals surface area contributed by atoms with Crippen LogP contribution in [0.15, 0.2) is 18.2 Å². The number of carbonyl (C=O) groups is 1. The molecule has 6 heteroatoms. The summed E-state index contributed by atoms with van der Waals surface area (Å²) in [6.45, 7) is 1.69. The summed E-state index contributed by atoms with van der Waals surface area (Å²) in [4.78, 5) is 12.1. The number of phenolic OH excluding ortho intramolecular Hbond substituents is 1. The van der Waals surface area contributed by atoms with E-state index < -0.39 is 18.0 Å². The quantitative estimate of drug-likeness (QED) is 0.811. The molecule has 0 bridgehead atoms. The van der Waals surface area contributed by atoms with Gasteiger partial charge in [-0.2, -0.15) is 13.2 Å². The van der Waals surface area contributed by atoms with Crippen LogP contribution in [0.1, 0.15) is 31.2 Å². The zero-order valence-electron chi connectivity index (χ0n) is 11.7. The van der Waals surface area contributed by atoms with E-state index in [1.165, 1.54) is 12.1 Å². The molecule has 0 radical (unpaired) electrons. The third kappa shape index (κ3) is 3.89. The Morgan fingerprint density at radius 1 is 1.33 bits per heavy atom. The van der Waals surface area contributed by atoms with Gasteiger partial charge < -0.3 is 10.4 Å². The first-order valence-electron chi connectivity index (χ1n) is 6.94. The topological polar surface area (TPSA) is 49.3 Å². The lowest BCUT2D eigenvalue weighted by molar-refractivity contribution is -0.185. The molecular formula is C15H18F3NO2. The summed E-state index contributed by atoms with van der Waals surface area (Å²) < 4.78 is 38.2. The number of phenols is 1. The Morgan fingerprint density at radius 3 is 2.67 bits per heavy atom. The lowest BCUT2D eigenvalue weighted by Crippen LogP contribution is -2.34. The summed E-state index contributed by atoms with van der Waals surface area (Å²) in [6, 6.07) is 4.58. The molecule has 2 rings (SSSR count). The predicted octanol–water partition coefficient (Wildman–Crippen LogP) is 4.01. The summed E-state index contributed by atoms with van der Waals surface area (Å²) in [5.41, 5.74) is 1.09. The predicted molar refractivity (Wildman–Crippen MR) is 73.0 cm³/mol. The molecule has 0 heterocycles. The monoisotopic (exact) mass is 301 g/mol. The Balaban J connectivity index is 2.01. The van der Waals surface area contributed by atoms with Gasteiger partial charge in [0, 0.05) is 11.6 Å². The highest BCUT2D eigenvalue weighted by molar-refractivity contribution is 5.92. The van der Waals surface area contributed by atoms with E-state index in [4.69, 9.17) is 0 Å². The molecule has 0 saturated heterocycles. The van der Waals surface area contributed by atoms with Crippen molar-refractivity contribution < 1.29 is 23.1 Å². The van der Waals surface area contributed by atoms with Gasteiger partial charge >= 0.3 is 6.18 Å². The van der Waals surface area contributed by atoms with E-state index in [1.807, 2.05) is 0 Å². The van der Waals surface area contributed by atoms with Crippen LogP contribution in [0.5, 0.6) is 5.75 Å². The summed E-state index contributed by atoms with van der Waals surface area (Å²) in [5, 5.41) is 12.0. The van der Waals surface area contributed by atoms with E-state index >= 15 is 0 Å². The zero-order chi connectivity index (χ0) is 15.6. The lowest BCUT2D eigenvalue weighted by Gasteiger charge is -2.29. The molecule has 1 aromatic rings. The maximum Gasteiger partial charge on any atom is 0.391 e. The van der Waals surface area contributed by atoms with Gasteiger partial charge in [0.2, 0.25) is 5.91 Å². The van der Waals surface area contributed by atoms with Crippen molar-refractivity contribution in [3.8, 4) is 5.75 Å². The van der Waals surface area contributed by atoms with E-state index in [1.54, 1.807) is 13.0 Å². The molecule has 1 fully saturated rings. The fraction of sp³-hybridized carbons (Fsp3) is 0.533. The van der Waals surface area contributed by atoms with Gasteiger partial charge in [0.05, 0.1) is 5.92 Å². The van der Waals surface area contributed by atoms with Crippen molar-refractivity contribution in [2.24, 2.45) is 11.8 Å². The van der Waals surface area contributed by atoms with E-state index in [0.717, 1.165) is 0 Å². The Bertz CT molecular complexity index is 528. The van der Waals surface area contributed by atoms with Crippen LogP contribution in [0.25, 0.3) is 0 Å². The van der Waals surface area contributed by atoms with Crippen molar-refractivity contribution in [1.29, 1.82) is 0 Å². The van der Waals surface area contributed by atoms with E-state index in [-0.39, 0.29) is 24.5 Å². The number of benzene rings is 1. The molecule has 0 spiro atoms. The molecule has 0 aromatic heterocycles. The number of alkyl halides is 3. The molecule has 1 saturated carbocycles. The van der Waals surface area contributed by atoms with Gasteiger partial charge in [-0.1, -0.05) is 6.42 Å². The van der Waals surface area contributed by atoms with Gasteiger partial charge in [-0.3, -0.25) is 4.79 Å². The van der Waals surface area contributed by atoms with Crippen molar-refractivity contribution in [3.05, 3.63) is 23.8 Å². The Labute approximate surface area is 121 Å². The fourth-order valence-corrected chi connectivity index (χ4v) is 2.70. The second kappa shape index (κ2) is 5.95. The highest BCUT2D eigenvalue weighted by Gasteiger charge is 2.43. The Morgan fingerprint density at radius 2 is 2.05 bits per heavy atom. The van der Waals surface area contributed by atoms with E-state index in [0.29, 0.717) is 24.1 Å². The minimum absolute atomic E-state index is 0.103. The summed E-state index contributed by atoms with van der Waals surface area (Å²) in [7, 11) is 0. The van der Waals surface area contributed by atoms with Crippen LogP contribution in [0.3, 0.4) is 0 Å². The molecule has 1 aliphatic carbocycles. The molecule has 2 atom stereocenters. The van der Waals surface area contributed by atoms with Gasteiger partial charge in [-0.05, 0) is 49.9 Å². The van der Waals surface area contributed by atoms with Gasteiger partial charge in [0.15, 0.2) is 0 Å². The molecule has 1 aromatic carbocycles. The number of hydrogen-bond acceptors (Lipinski definition) is 2. The summed E-state index contributed by atoms with van der Waals surface area (Å²) in [5.74, 6) is -2.26. The standard InChI is InChI=1S/C15H18F3NO2/c1-9-7-12(5-6-13(9)20)19-14(21)10-3-2-4-11(8-10)15(16,17)18/h5-7,10-11,20H,2-4,8H2,1H3,(H,19,21). The first-order valence-corrected chi connectivity index (χ1v) is 6.94. The average molecular weight is 301 g/mol. The molecule has 1 aliphatic rings. The van der Waals surface area contributed by atoms with Crippen LogP contribution >= 0.6 is 0 Å². The van der Waals surface area contributed by atoms with Crippen LogP contribution in [0.2, 0.25) is 0 Å². The number of aryl methyl sites for hydroxylation is 1. The number of nitrogens with one attached hydrogen (secondary N) is 1. The minimum atomic E-state index is -4.23. The van der Waals surface area contributed by atoms with Gasteiger partial charge in [0.1, 0.15) is 5.75 Å². The second-order valence-electron chi connectivity index (χ2n) is 5.59. The van der Waals surface area contributed by atoms with Crippen molar-refractivity contribution in [3.63, 3.8) is 0 Å². The van der Waals surface area contributed by atoms with Crippen molar-refractivity contribution >= 4 is 11.6 Å². The maximum absolute atomic E-state index is 12.7. The van der Waals surface area contributed by atoms with Crippen molar-refractivity contribution in [2.45, 2.75) is 38.8 Å². The van der Waals surface area contributed by atoms with Crippen LogP contribution in [-0.2, 0) is 4.79 Å². The number of rotatable bonds is 2. The highest BCUT2D eigenvalue weighted by atomic mass is 19.4. The van der Waals surface area contributed by atoms with Gasteiger partial charge in [-0.25, -0.2) is 0 Å². The fourth-order valence-electron chi connectivity index (χ4n) is 2.70. The summed E-state index contributed by atoms with van der Waals surface area (Å²) >= 11 is 0. The minimum Gasteiger partial charge on any atom is -0.508 e. The second-order valence-corrected chi connectivity index (χ2v) is 5.59. The maximum atomic E-state index is 12.7. The molecule has 21 heavy (non-hydrogen) atoms. The first-order chi connectivity index (χ1) is 9.77. The van der Waals surface area contributed by atoms with Crippen LogP contribution in [-0.4, -0.2) is 17.2 Å². The molecule has 0 aliphatic heterocycles. The number of amides is 1. The van der Waals surface area contributed by atoms with Crippen molar-refractivity contribution in [2.75, 3.05) is 5.32 Å². The first kappa shape index (κ1) is 15.7. The number of anilines is 1. The number of carbonyl (C=O) groups excluding carboxylic acids is 1. The van der Waals surface area contributed by atoms with Gasteiger partial charge in [0.25, 0.3) is 0 Å². The largest absolute Gasteiger partial charge is 0.508 e. The average Bonchev–Trinajstić information content (AvgIpc) is 2.42. The lowest BCUT2D eigenvalue weighted by atomic mass is 9.80. The molecule has 2 N–H and O–H groups in total. The molecular weight excluding hydrogens is 283 g/mol. The third-order valence-electron chi connectivity index (χ3n) is 3.97. The molecule has 116 valence electrons. The number of halogens is 3.